The molecular weight excluding hydrogens is 362 g/mol. The van der Waals surface area contributed by atoms with E-state index in [1.807, 2.05) is 17.5 Å². The van der Waals surface area contributed by atoms with Crippen LogP contribution >= 0.6 is 11.3 Å². The monoisotopic (exact) mass is 389 g/mol. The van der Waals surface area contributed by atoms with Gasteiger partial charge in [0.05, 0.1) is 18.5 Å². The van der Waals surface area contributed by atoms with Gasteiger partial charge in [0, 0.05) is 11.8 Å². The molecular formula is C24H27NSSi. The summed E-state index contributed by atoms with van der Waals surface area (Å²) in [5, 5.41) is 4.03. The van der Waals surface area contributed by atoms with Crippen LogP contribution < -0.4 is 4.50 Å². The van der Waals surface area contributed by atoms with E-state index in [2.05, 4.69) is 82.9 Å². The summed E-state index contributed by atoms with van der Waals surface area (Å²) in [7, 11) is -1.37. The van der Waals surface area contributed by atoms with Crippen LogP contribution in [0.5, 0.6) is 0 Å². The lowest BCUT2D eigenvalue weighted by Gasteiger charge is -2.14. The Balaban J connectivity index is 2.03. The van der Waals surface area contributed by atoms with E-state index < -0.39 is 8.07 Å². The number of aryl methyl sites for hydroxylation is 1. The smallest absolute Gasteiger partial charge is 0.0908 e. The average molecular weight is 390 g/mol. The largest absolute Gasteiger partial charge is 0.255 e. The minimum Gasteiger partial charge on any atom is -0.255 e. The number of hydrogen-bond donors (Lipinski definition) is 0. The number of aromatic nitrogens is 1. The van der Waals surface area contributed by atoms with E-state index in [0.29, 0.717) is 5.92 Å². The van der Waals surface area contributed by atoms with Crippen LogP contribution in [0.25, 0.3) is 32.1 Å². The number of benzene rings is 2. The fourth-order valence-corrected chi connectivity index (χ4v) is 7.88. The maximum Gasteiger partial charge on any atom is 0.0908 e. The Hall–Kier alpha value is -1.97. The van der Waals surface area contributed by atoms with Gasteiger partial charge < -0.3 is 0 Å². The van der Waals surface area contributed by atoms with Crippen molar-refractivity contribution in [1.29, 1.82) is 0 Å². The molecule has 0 fully saturated rings. The highest BCUT2D eigenvalue weighted by molar-refractivity contribution is 7.32. The third-order valence-corrected chi connectivity index (χ3v) is 10.3. The fourth-order valence-electron chi connectivity index (χ4n) is 4.02. The number of fused-ring (bicyclic) bond motifs is 2. The number of thiophene rings is 1. The van der Waals surface area contributed by atoms with E-state index in [9.17, 15) is 0 Å². The van der Waals surface area contributed by atoms with Crippen molar-refractivity contribution >= 4 is 44.8 Å². The van der Waals surface area contributed by atoms with Crippen LogP contribution in [0.4, 0.5) is 0 Å². The van der Waals surface area contributed by atoms with Gasteiger partial charge in [0.25, 0.3) is 0 Å². The number of hydrogen-bond acceptors (Lipinski definition) is 2. The molecule has 0 atom stereocenters. The quantitative estimate of drug-likeness (QED) is 0.341. The zero-order valence-corrected chi connectivity index (χ0v) is 18.9. The molecule has 0 amide bonds. The van der Waals surface area contributed by atoms with Crippen LogP contribution in [0.3, 0.4) is 0 Å². The topological polar surface area (TPSA) is 12.9 Å². The Morgan fingerprint density at radius 2 is 1.70 bits per heavy atom. The molecule has 0 saturated carbocycles. The Bertz CT molecular complexity index is 1150. The molecule has 0 bridgehead atoms. The summed E-state index contributed by atoms with van der Waals surface area (Å²) < 4.78 is 2.94. The second-order valence-corrected chi connectivity index (χ2v) is 15.2. The summed E-state index contributed by atoms with van der Waals surface area (Å²) in [5.74, 6) is 0.483. The molecule has 0 unspecified atom stereocenters. The second kappa shape index (κ2) is 6.57. The predicted molar refractivity (Wildman–Crippen MR) is 124 cm³/mol. The fraction of sp³-hybridized carbons (Fsp3) is 0.292. The zero-order valence-electron chi connectivity index (χ0n) is 17.1. The molecule has 27 heavy (non-hydrogen) atoms. The van der Waals surface area contributed by atoms with Crippen molar-refractivity contribution in [1.82, 2.24) is 4.98 Å². The highest BCUT2D eigenvalue weighted by Crippen LogP contribution is 2.37. The standard InChI is InChI=1S/C24H27NSSi/c1-15(2)21-14-18(13-17-9-7-8-10-20(17)21)22-23-19(11-12-25-22)16(3)24(26-23)27(4,5)6/h7-15H,1-6H3. The highest BCUT2D eigenvalue weighted by atomic mass is 32.1. The third-order valence-electron chi connectivity index (χ3n) is 5.32. The minimum atomic E-state index is -1.37. The number of rotatable bonds is 3. The summed E-state index contributed by atoms with van der Waals surface area (Å²) in [6, 6.07) is 15.6. The van der Waals surface area contributed by atoms with Crippen molar-refractivity contribution in [2.24, 2.45) is 0 Å². The third kappa shape index (κ3) is 3.13. The van der Waals surface area contributed by atoms with Gasteiger partial charge in [-0.3, -0.25) is 4.98 Å². The van der Waals surface area contributed by atoms with Crippen LogP contribution in [0.2, 0.25) is 19.6 Å². The molecule has 2 heterocycles. The minimum absolute atomic E-state index is 0.483. The summed E-state index contributed by atoms with van der Waals surface area (Å²) in [6.07, 6.45) is 1.98. The van der Waals surface area contributed by atoms with Crippen LogP contribution in [-0.2, 0) is 0 Å². The lowest BCUT2D eigenvalue weighted by Crippen LogP contribution is -2.36. The Morgan fingerprint density at radius 3 is 2.41 bits per heavy atom. The summed E-state index contributed by atoms with van der Waals surface area (Å²) in [6.45, 7) is 14.1. The van der Waals surface area contributed by atoms with Crippen LogP contribution in [-0.4, -0.2) is 13.1 Å². The molecule has 0 N–H and O–H groups in total. The highest BCUT2D eigenvalue weighted by Gasteiger charge is 2.24. The van der Waals surface area contributed by atoms with Crippen LogP contribution in [0.1, 0.15) is 30.9 Å². The van der Waals surface area contributed by atoms with Gasteiger partial charge in [0.1, 0.15) is 0 Å². The van der Waals surface area contributed by atoms with Gasteiger partial charge in [-0.2, -0.15) is 0 Å². The lowest BCUT2D eigenvalue weighted by molar-refractivity contribution is 0.876. The maximum absolute atomic E-state index is 4.85. The molecule has 0 radical (unpaired) electrons. The molecule has 2 aromatic carbocycles. The van der Waals surface area contributed by atoms with Gasteiger partial charge in [-0.1, -0.05) is 57.8 Å². The van der Waals surface area contributed by atoms with Gasteiger partial charge in [-0.15, -0.1) is 11.3 Å². The molecule has 138 valence electrons. The van der Waals surface area contributed by atoms with Crippen molar-refractivity contribution in [3.05, 3.63) is 59.8 Å². The first-order valence-corrected chi connectivity index (χ1v) is 14.0. The van der Waals surface area contributed by atoms with E-state index in [0.717, 1.165) is 5.69 Å². The Labute approximate surface area is 167 Å². The number of pyridine rings is 1. The van der Waals surface area contributed by atoms with Gasteiger partial charge in [0.15, 0.2) is 0 Å². The second-order valence-electron chi connectivity index (χ2n) is 8.78. The SMILES string of the molecule is Cc1c([Si](C)(C)C)sc2c(-c3cc(C(C)C)c4ccccc4c3)nccc12. The van der Waals surface area contributed by atoms with Crippen molar-refractivity contribution < 1.29 is 0 Å². The summed E-state index contributed by atoms with van der Waals surface area (Å²) >= 11 is 1.97. The summed E-state index contributed by atoms with van der Waals surface area (Å²) in [5.41, 5.74) is 5.24. The lowest BCUT2D eigenvalue weighted by atomic mass is 9.92. The van der Waals surface area contributed by atoms with Crippen LogP contribution in [0, 0.1) is 6.92 Å². The van der Waals surface area contributed by atoms with Gasteiger partial charge in [0.2, 0.25) is 0 Å². The van der Waals surface area contributed by atoms with Crippen molar-refractivity contribution in [3.63, 3.8) is 0 Å². The van der Waals surface area contributed by atoms with E-state index in [1.54, 1.807) is 4.50 Å². The van der Waals surface area contributed by atoms with Crippen molar-refractivity contribution in [2.45, 2.75) is 46.3 Å². The zero-order chi connectivity index (χ0) is 19.3. The molecule has 4 rings (SSSR count). The van der Waals surface area contributed by atoms with Crippen molar-refractivity contribution in [3.8, 4) is 11.3 Å². The first-order valence-electron chi connectivity index (χ1n) is 9.69. The number of nitrogens with zero attached hydrogens (tertiary/aromatic N) is 1. The molecule has 0 saturated heterocycles. The Kier molecular flexibility index (Phi) is 4.48. The molecule has 4 aromatic rings. The predicted octanol–water partition coefficient (Wildman–Crippen LogP) is 7.09. The van der Waals surface area contributed by atoms with Gasteiger partial charge in [-0.25, -0.2) is 0 Å². The van der Waals surface area contributed by atoms with E-state index >= 15 is 0 Å². The van der Waals surface area contributed by atoms with Gasteiger partial charge in [-0.05, 0) is 62.8 Å². The molecule has 0 aliphatic rings. The first kappa shape index (κ1) is 18.4. The molecule has 2 aromatic heterocycles. The van der Waals surface area contributed by atoms with Crippen LogP contribution in [0.15, 0.2) is 48.7 Å². The van der Waals surface area contributed by atoms with Crippen molar-refractivity contribution in [2.75, 3.05) is 0 Å². The summed E-state index contributed by atoms with van der Waals surface area (Å²) in [4.78, 5) is 4.85. The van der Waals surface area contributed by atoms with Gasteiger partial charge >= 0.3 is 0 Å². The Morgan fingerprint density at radius 1 is 0.963 bits per heavy atom. The van der Waals surface area contributed by atoms with E-state index in [-0.39, 0.29) is 0 Å². The molecule has 1 nitrogen and oxygen atoms in total. The van der Waals surface area contributed by atoms with E-state index in [1.165, 1.54) is 37.5 Å². The van der Waals surface area contributed by atoms with E-state index in [4.69, 9.17) is 4.98 Å². The molecule has 0 spiro atoms. The molecule has 0 aliphatic heterocycles. The molecule has 0 aliphatic carbocycles. The molecule has 3 heteroatoms. The average Bonchev–Trinajstić information content (AvgIpc) is 2.98. The normalized spacial score (nSPS) is 12.4. The maximum atomic E-state index is 4.85. The first-order chi connectivity index (χ1) is 12.8.